The molecule has 0 radical (unpaired) electrons. The molecule has 0 aliphatic carbocycles. The van der Waals surface area contributed by atoms with Crippen molar-refractivity contribution in [2.24, 2.45) is 0 Å². The lowest BCUT2D eigenvalue weighted by atomic mass is 10.3. The summed E-state index contributed by atoms with van der Waals surface area (Å²) in [7, 11) is 0. The molecule has 0 saturated carbocycles. The number of benzene rings is 1. The van der Waals surface area contributed by atoms with Gasteiger partial charge in [0.05, 0.1) is 31.3 Å². The van der Waals surface area contributed by atoms with Gasteiger partial charge in [0.1, 0.15) is 5.75 Å². The van der Waals surface area contributed by atoms with Crippen molar-refractivity contribution in [2.45, 2.75) is 6.42 Å². The van der Waals surface area contributed by atoms with E-state index in [0.29, 0.717) is 30.3 Å². The second-order valence-corrected chi connectivity index (χ2v) is 5.24. The molecule has 116 valence electrons. The first kappa shape index (κ1) is 16.1. The molecule has 1 aliphatic rings. The highest BCUT2D eigenvalue weighted by molar-refractivity contribution is 6.32. The molecular weight excluding hydrogens is 292 g/mol. The molecule has 1 saturated heterocycles. The summed E-state index contributed by atoms with van der Waals surface area (Å²) in [6.45, 7) is 5.27. The zero-order valence-corrected chi connectivity index (χ0v) is 12.8. The molecule has 0 bridgehead atoms. The van der Waals surface area contributed by atoms with Crippen LogP contribution in [-0.2, 0) is 9.53 Å². The van der Waals surface area contributed by atoms with Crippen LogP contribution in [0.1, 0.15) is 6.42 Å². The number of halogens is 1. The Labute approximate surface area is 130 Å². The van der Waals surface area contributed by atoms with Gasteiger partial charge in [-0.1, -0.05) is 23.7 Å². The van der Waals surface area contributed by atoms with Gasteiger partial charge in [0.2, 0.25) is 5.91 Å². The first-order valence-corrected chi connectivity index (χ1v) is 7.57. The Hall–Kier alpha value is -1.30. The van der Waals surface area contributed by atoms with Gasteiger partial charge in [-0.05, 0) is 12.1 Å². The quantitative estimate of drug-likeness (QED) is 0.830. The largest absolute Gasteiger partial charge is 0.491 e. The smallest absolute Gasteiger partial charge is 0.223 e. The van der Waals surface area contributed by atoms with Crippen LogP contribution < -0.4 is 10.1 Å². The van der Waals surface area contributed by atoms with Crippen LogP contribution in [0.5, 0.6) is 5.75 Å². The monoisotopic (exact) mass is 312 g/mol. The van der Waals surface area contributed by atoms with Gasteiger partial charge in [-0.15, -0.1) is 0 Å². The summed E-state index contributed by atoms with van der Waals surface area (Å²) in [5.41, 5.74) is 0. The average molecular weight is 313 g/mol. The van der Waals surface area contributed by atoms with E-state index in [-0.39, 0.29) is 5.91 Å². The summed E-state index contributed by atoms with van der Waals surface area (Å²) in [5.74, 6) is 0.607. The SMILES string of the molecule is O=C(CCOc1ccccc1Cl)NCCN1CCOCC1. The summed E-state index contributed by atoms with van der Waals surface area (Å²) in [4.78, 5) is 14.0. The van der Waals surface area contributed by atoms with Crippen molar-refractivity contribution in [1.82, 2.24) is 10.2 Å². The molecule has 1 heterocycles. The normalized spacial score (nSPS) is 15.7. The Morgan fingerprint density at radius 2 is 2.10 bits per heavy atom. The van der Waals surface area contributed by atoms with Crippen LogP contribution >= 0.6 is 11.6 Å². The maximum Gasteiger partial charge on any atom is 0.223 e. The van der Waals surface area contributed by atoms with Gasteiger partial charge in [0.15, 0.2) is 0 Å². The van der Waals surface area contributed by atoms with E-state index in [2.05, 4.69) is 10.2 Å². The molecule has 1 aromatic carbocycles. The number of amides is 1. The average Bonchev–Trinajstić information content (AvgIpc) is 2.50. The molecule has 0 spiro atoms. The van der Waals surface area contributed by atoms with Crippen LogP contribution in [0, 0.1) is 0 Å². The maximum atomic E-state index is 11.7. The second-order valence-electron chi connectivity index (χ2n) is 4.83. The predicted molar refractivity (Wildman–Crippen MR) is 81.8 cm³/mol. The Morgan fingerprint density at radius 1 is 1.33 bits per heavy atom. The highest BCUT2D eigenvalue weighted by Gasteiger charge is 2.10. The van der Waals surface area contributed by atoms with Crippen LogP contribution in [0.25, 0.3) is 0 Å². The van der Waals surface area contributed by atoms with E-state index >= 15 is 0 Å². The lowest BCUT2D eigenvalue weighted by Gasteiger charge is -2.26. The summed E-state index contributed by atoms with van der Waals surface area (Å²) in [5, 5.41) is 3.46. The minimum absolute atomic E-state index is 0.00434. The summed E-state index contributed by atoms with van der Waals surface area (Å²) >= 11 is 5.97. The van der Waals surface area contributed by atoms with Gasteiger partial charge < -0.3 is 14.8 Å². The van der Waals surface area contributed by atoms with Crippen LogP contribution in [0.4, 0.5) is 0 Å². The van der Waals surface area contributed by atoms with Crippen molar-refractivity contribution in [2.75, 3.05) is 46.0 Å². The van der Waals surface area contributed by atoms with E-state index < -0.39 is 0 Å². The van der Waals surface area contributed by atoms with Crippen LogP contribution in [0.2, 0.25) is 5.02 Å². The van der Waals surface area contributed by atoms with E-state index in [9.17, 15) is 4.79 Å². The molecule has 21 heavy (non-hydrogen) atoms. The highest BCUT2D eigenvalue weighted by Crippen LogP contribution is 2.22. The highest BCUT2D eigenvalue weighted by atomic mass is 35.5. The third-order valence-corrected chi connectivity index (χ3v) is 3.59. The molecule has 2 rings (SSSR count). The second kappa shape index (κ2) is 8.87. The standard InChI is InChI=1S/C15H21ClN2O3/c16-13-3-1-2-4-14(13)21-10-5-15(19)17-6-7-18-8-11-20-12-9-18/h1-4H,5-12H2,(H,17,19). The van der Waals surface area contributed by atoms with E-state index in [0.717, 1.165) is 32.8 Å². The molecule has 1 fully saturated rings. The summed E-state index contributed by atoms with van der Waals surface area (Å²) in [6, 6.07) is 7.25. The molecule has 1 amide bonds. The van der Waals surface area contributed by atoms with E-state index in [1.54, 1.807) is 12.1 Å². The number of hydrogen-bond acceptors (Lipinski definition) is 4. The Morgan fingerprint density at radius 3 is 2.86 bits per heavy atom. The van der Waals surface area contributed by atoms with Crippen molar-refractivity contribution >= 4 is 17.5 Å². The van der Waals surface area contributed by atoms with Crippen LogP contribution in [-0.4, -0.2) is 56.8 Å². The Kier molecular flexibility index (Phi) is 6.79. The van der Waals surface area contributed by atoms with E-state index in [4.69, 9.17) is 21.1 Å². The van der Waals surface area contributed by atoms with E-state index in [1.807, 2.05) is 12.1 Å². The number of para-hydroxylation sites is 1. The van der Waals surface area contributed by atoms with E-state index in [1.165, 1.54) is 0 Å². The molecule has 1 aliphatic heterocycles. The lowest BCUT2D eigenvalue weighted by Crippen LogP contribution is -2.41. The number of morpholine rings is 1. The van der Waals surface area contributed by atoms with Crippen LogP contribution in [0.15, 0.2) is 24.3 Å². The zero-order valence-electron chi connectivity index (χ0n) is 12.0. The minimum atomic E-state index is -0.00434. The van der Waals surface area contributed by atoms with Gasteiger partial charge in [0, 0.05) is 26.2 Å². The zero-order chi connectivity index (χ0) is 14.9. The van der Waals surface area contributed by atoms with Gasteiger partial charge in [-0.3, -0.25) is 9.69 Å². The predicted octanol–water partition coefficient (Wildman–Crippen LogP) is 1.56. The van der Waals surface area contributed by atoms with Gasteiger partial charge >= 0.3 is 0 Å². The van der Waals surface area contributed by atoms with Gasteiger partial charge in [-0.25, -0.2) is 0 Å². The number of nitrogens with zero attached hydrogens (tertiary/aromatic N) is 1. The number of carbonyl (C=O) groups is 1. The molecule has 1 aromatic rings. The number of hydrogen-bond donors (Lipinski definition) is 1. The summed E-state index contributed by atoms with van der Waals surface area (Å²) in [6.07, 6.45) is 0.328. The van der Waals surface area contributed by atoms with Crippen molar-refractivity contribution in [3.63, 3.8) is 0 Å². The molecular formula is C15H21ClN2O3. The number of rotatable bonds is 7. The van der Waals surface area contributed by atoms with Crippen molar-refractivity contribution in [1.29, 1.82) is 0 Å². The third kappa shape index (κ3) is 5.91. The van der Waals surface area contributed by atoms with Crippen molar-refractivity contribution < 1.29 is 14.3 Å². The fourth-order valence-electron chi connectivity index (χ4n) is 2.08. The molecule has 0 unspecified atom stereocenters. The van der Waals surface area contributed by atoms with Gasteiger partial charge in [-0.2, -0.15) is 0 Å². The Balaban J connectivity index is 1.56. The first-order valence-electron chi connectivity index (χ1n) is 7.20. The lowest BCUT2D eigenvalue weighted by molar-refractivity contribution is -0.121. The topological polar surface area (TPSA) is 50.8 Å². The maximum absolute atomic E-state index is 11.7. The van der Waals surface area contributed by atoms with Crippen LogP contribution in [0.3, 0.4) is 0 Å². The fraction of sp³-hybridized carbons (Fsp3) is 0.533. The molecule has 0 aromatic heterocycles. The molecule has 6 heteroatoms. The molecule has 1 N–H and O–H groups in total. The number of carbonyl (C=O) groups excluding carboxylic acids is 1. The third-order valence-electron chi connectivity index (χ3n) is 3.28. The van der Waals surface area contributed by atoms with Crippen molar-refractivity contribution in [3.05, 3.63) is 29.3 Å². The van der Waals surface area contributed by atoms with Gasteiger partial charge in [0.25, 0.3) is 0 Å². The number of nitrogens with one attached hydrogen (secondary N) is 1. The Bertz CT molecular complexity index is 450. The molecule has 0 atom stereocenters. The minimum Gasteiger partial charge on any atom is -0.491 e. The summed E-state index contributed by atoms with van der Waals surface area (Å²) < 4.78 is 10.8. The van der Waals surface area contributed by atoms with Crippen molar-refractivity contribution in [3.8, 4) is 5.75 Å². The molecule has 5 nitrogen and oxygen atoms in total. The first-order chi connectivity index (χ1) is 10.3. The number of ether oxygens (including phenoxy) is 2. The fourth-order valence-corrected chi connectivity index (χ4v) is 2.27.